The molecule has 0 atom stereocenters. The highest BCUT2D eigenvalue weighted by molar-refractivity contribution is 7.15. The van der Waals surface area contributed by atoms with Crippen molar-refractivity contribution >= 4 is 45.6 Å². The number of ether oxygens (including phenoxy) is 1. The van der Waals surface area contributed by atoms with Crippen LogP contribution >= 0.6 is 34.5 Å². The number of nitrogens with one attached hydrogen (secondary N) is 1. The highest BCUT2D eigenvalue weighted by atomic mass is 35.5. The van der Waals surface area contributed by atoms with Gasteiger partial charge in [0.2, 0.25) is 5.13 Å². The lowest BCUT2D eigenvalue weighted by atomic mass is 10.2. The largest absolute Gasteiger partial charge is 0.494 e. The van der Waals surface area contributed by atoms with Gasteiger partial charge in [-0.3, -0.25) is 10.1 Å². The molecule has 0 bridgehead atoms. The number of anilines is 1. The minimum absolute atomic E-state index is 0.290. The molecular formula is C18H15Cl2N3O2S. The number of aromatic nitrogens is 2. The number of aryl methyl sites for hydroxylation is 1. The molecule has 0 radical (unpaired) electrons. The molecule has 1 aromatic heterocycles. The fraction of sp³-hybridized carbons (Fsp3) is 0.167. The zero-order chi connectivity index (χ0) is 18.4. The summed E-state index contributed by atoms with van der Waals surface area (Å²) < 4.78 is 5.64. The summed E-state index contributed by atoms with van der Waals surface area (Å²) in [6, 6.07) is 14.4. The second-order valence-electron chi connectivity index (χ2n) is 5.34. The standard InChI is InChI=1S/C18H15Cl2N3O2S/c19-12-8-9-14(15(20)11-12)17(24)21-18-23-22-16(26-18)7-4-10-25-13-5-2-1-3-6-13/h1-3,5-6,8-9,11H,4,7,10H2,(H,21,23,24). The predicted octanol–water partition coefficient (Wildman–Crippen LogP) is 5.11. The zero-order valence-electron chi connectivity index (χ0n) is 13.6. The predicted molar refractivity (Wildman–Crippen MR) is 105 cm³/mol. The molecule has 1 heterocycles. The summed E-state index contributed by atoms with van der Waals surface area (Å²) in [7, 11) is 0. The number of benzene rings is 2. The third-order valence-electron chi connectivity index (χ3n) is 3.41. The summed E-state index contributed by atoms with van der Waals surface area (Å²) in [6.45, 7) is 0.589. The first-order chi connectivity index (χ1) is 12.6. The molecule has 0 fully saturated rings. The minimum atomic E-state index is -0.346. The molecule has 26 heavy (non-hydrogen) atoms. The Hall–Kier alpha value is -2.15. The van der Waals surface area contributed by atoms with E-state index in [-0.39, 0.29) is 10.9 Å². The lowest BCUT2D eigenvalue weighted by Crippen LogP contribution is -2.12. The van der Waals surface area contributed by atoms with Crippen LogP contribution in [0.1, 0.15) is 21.8 Å². The fourth-order valence-electron chi connectivity index (χ4n) is 2.17. The number of carbonyl (C=O) groups excluding carboxylic acids is 1. The van der Waals surface area contributed by atoms with E-state index >= 15 is 0 Å². The molecule has 3 aromatic rings. The van der Waals surface area contributed by atoms with Crippen molar-refractivity contribution in [3.05, 3.63) is 69.1 Å². The molecule has 0 aliphatic carbocycles. The van der Waals surface area contributed by atoms with Gasteiger partial charge in [0, 0.05) is 11.4 Å². The van der Waals surface area contributed by atoms with Crippen LogP contribution in [-0.2, 0) is 6.42 Å². The molecule has 5 nitrogen and oxygen atoms in total. The number of hydrogen-bond acceptors (Lipinski definition) is 5. The first-order valence-corrected chi connectivity index (χ1v) is 9.46. The fourth-order valence-corrected chi connectivity index (χ4v) is 3.44. The van der Waals surface area contributed by atoms with Crippen LogP contribution < -0.4 is 10.1 Å². The third kappa shape index (κ3) is 5.17. The van der Waals surface area contributed by atoms with Gasteiger partial charge in [-0.25, -0.2) is 0 Å². The summed E-state index contributed by atoms with van der Waals surface area (Å²) in [5, 5.41) is 12.8. The number of hydrogen-bond donors (Lipinski definition) is 1. The van der Waals surface area contributed by atoms with Gasteiger partial charge in [0.1, 0.15) is 10.8 Å². The van der Waals surface area contributed by atoms with Gasteiger partial charge >= 0.3 is 0 Å². The highest BCUT2D eigenvalue weighted by Crippen LogP contribution is 2.23. The van der Waals surface area contributed by atoms with E-state index in [1.165, 1.54) is 17.4 Å². The maximum Gasteiger partial charge on any atom is 0.259 e. The van der Waals surface area contributed by atoms with Crippen molar-refractivity contribution < 1.29 is 9.53 Å². The van der Waals surface area contributed by atoms with Crippen LogP contribution in [0.3, 0.4) is 0 Å². The lowest BCUT2D eigenvalue weighted by molar-refractivity contribution is 0.102. The molecule has 134 valence electrons. The van der Waals surface area contributed by atoms with Gasteiger partial charge < -0.3 is 4.74 Å². The molecule has 0 aliphatic heterocycles. The molecule has 3 rings (SSSR count). The van der Waals surface area contributed by atoms with E-state index in [4.69, 9.17) is 27.9 Å². The summed E-state index contributed by atoms with van der Waals surface area (Å²) in [5.74, 6) is 0.499. The molecule has 0 aliphatic rings. The monoisotopic (exact) mass is 407 g/mol. The van der Waals surface area contributed by atoms with Crippen LogP contribution in [0.25, 0.3) is 0 Å². The Morgan fingerprint density at radius 2 is 1.92 bits per heavy atom. The zero-order valence-corrected chi connectivity index (χ0v) is 15.9. The van der Waals surface area contributed by atoms with Crippen LogP contribution in [0.2, 0.25) is 10.0 Å². The third-order valence-corrected chi connectivity index (χ3v) is 4.86. The van der Waals surface area contributed by atoms with Gasteiger partial charge in [-0.05, 0) is 36.8 Å². The SMILES string of the molecule is O=C(Nc1nnc(CCCOc2ccccc2)s1)c1ccc(Cl)cc1Cl. The van der Waals surface area contributed by atoms with E-state index in [0.717, 1.165) is 23.6 Å². The molecule has 0 saturated carbocycles. The van der Waals surface area contributed by atoms with E-state index in [1.54, 1.807) is 12.1 Å². The van der Waals surface area contributed by atoms with Crippen LogP contribution in [-0.4, -0.2) is 22.7 Å². The topological polar surface area (TPSA) is 64.1 Å². The summed E-state index contributed by atoms with van der Waals surface area (Å²) in [6.07, 6.45) is 1.53. The van der Waals surface area contributed by atoms with Crippen molar-refractivity contribution in [1.82, 2.24) is 10.2 Å². The number of carbonyl (C=O) groups is 1. The average molecular weight is 408 g/mol. The quantitative estimate of drug-likeness (QED) is 0.552. The molecule has 1 N–H and O–H groups in total. The minimum Gasteiger partial charge on any atom is -0.494 e. The second-order valence-corrected chi connectivity index (χ2v) is 7.25. The molecule has 0 unspecified atom stereocenters. The average Bonchev–Trinajstić information content (AvgIpc) is 3.07. The van der Waals surface area contributed by atoms with Gasteiger partial charge in [0.15, 0.2) is 0 Å². The number of para-hydroxylation sites is 1. The van der Waals surface area contributed by atoms with Crippen LogP contribution in [0.15, 0.2) is 48.5 Å². The summed E-state index contributed by atoms with van der Waals surface area (Å²) in [4.78, 5) is 12.3. The van der Waals surface area contributed by atoms with E-state index in [1.807, 2.05) is 30.3 Å². The van der Waals surface area contributed by atoms with Crippen molar-refractivity contribution in [3.63, 3.8) is 0 Å². The Morgan fingerprint density at radius 3 is 2.69 bits per heavy atom. The van der Waals surface area contributed by atoms with E-state index < -0.39 is 0 Å². The van der Waals surface area contributed by atoms with E-state index in [9.17, 15) is 4.79 Å². The summed E-state index contributed by atoms with van der Waals surface area (Å²) >= 11 is 13.2. The molecular weight excluding hydrogens is 393 g/mol. The number of halogens is 2. The molecule has 0 spiro atoms. The molecule has 0 saturated heterocycles. The van der Waals surface area contributed by atoms with Crippen LogP contribution in [0.5, 0.6) is 5.75 Å². The van der Waals surface area contributed by atoms with Crippen molar-refractivity contribution in [2.24, 2.45) is 0 Å². The Kier molecular flexibility index (Phi) is 6.44. The Labute approximate surface area is 164 Å². The number of nitrogens with zero attached hydrogens (tertiary/aromatic N) is 2. The lowest BCUT2D eigenvalue weighted by Gasteiger charge is -2.04. The van der Waals surface area contributed by atoms with Crippen molar-refractivity contribution in [2.45, 2.75) is 12.8 Å². The normalized spacial score (nSPS) is 10.5. The molecule has 2 aromatic carbocycles. The molecule has 1 amide bonds. The maximum atomic E-state index is 12.3. The second kappa shape index (κ2) is 8.98. The van der Waals surface area contributed by atoms with Gasteiger partial charge in [-0.1, -0.05) is 52.7 Å². The van der Waals surface area contributed by atoms with E-state index in [0.29, 0.717) is 22.3 Å². The van der Waals surface area contributed by atoms with Gasteiger partial charge in [-0.15, -0.1) is 10.2 Å². The summed E-state index contributed by atoms with van der Waals surface area (Å²) in [5.41, 5.74) is 0.337. The maximum absolute atomic E-state index is 12.3. The van der Waals surface area contributed by atoms with Crippen molar-refractivity contribution in [3.8, 4) is 5.75 Å². The highest BCUT2D eigenvalue weighted by Gasteiger charge is 2.13. The van der Waals surface area contributed by atoms with E-state index in [2.05, 4.69) is 15.5 Å². The number of rotatable bonds is 7. The van der Waals surface area contributed by atoms with Gasteiger partial charge in [0.05, 0.1) is 17.2 Å². The van der Waals surface area contributed by atoms with Gasteiger partial charge in [-0.2, -0.15) is 0 Å². The van der Waals surface area contributed by atoms with Crippen molar-refractivity contribution in [2.75, 3.05) is 11.9 Å². The van der Waals surface area contributed by atoms with Crippen LogP contribution in [0.4, 0.5) is 5.13 Å². The number of amides is 1. The Balaban J connectivity index is 1.49. The first-order valence-electron chi connectivity index (χ1n) is 7.88. The van der Waals surface area contributed by atoms with Gasteiger partial charge in [0.25, 0.3) is 5.91 Å². The first kappa shape index (κ1) is 18.6. The van der Waals surface area contributed by atoms with Crippen molar-refractivity contribution in [1.29, 1.82) is 0 Å². The van der Waals surface area contributed by atoms with Crippen LogP contribution in [0, 0.1) is 0 Å². The molecule has 8 heteroatoms. The Morgan fingerprint density at radius 1 is 1.12 bits per heavy atom. The Bertz CT molecular complexity index is 887. The smallest absolute Gasteiger partial charge is 0.259 e.